The van der Waals surface area contributed by atoms with Gasteiger partial charge < -0.3 is 15.0 Å². The van der Waals surface area contributed by atoms with Crippen LogP contribution in [0.2, 0.25) is 0 Å². The van der Waals surface area contributed by atoms with Crippen molar-refractivity contribution >= 4 is 5.82 Å². The molecule has 0 aliphatic rings. The molecule has 0 saturated carbocycles. The van der Waals surface area contributed by atoms with Gasteiger partial charge >= 0.3 is 0 Å². The Balaban J connectivity index is 2.62. The number of ether oxygens (including phenoxy) is 1. The fraction of sp³-hybridized carbons (Fsp3) is 0.545. The Morgan fingerprint density at radius 2 is 2.33 bits per heavy atom. The first kappa shape index (κ1) is 11.9. The van der Waals surface area contributed by atoms with E-state index in [4.69, 9.17) is 4.74 Å². The zero-order valence-corrected chi connectivity index (χ0v) is 9.66. The number of anilines is 1. The van der Waals surface area contributed by atoms with E-state index in [1.807, 2.05) is 26.4 Å². The minimum Gasteiger partial charge on any atom is -0.383 e. The lowest BCUT2D eigenvalue weighted by atomic mass is 10.2. The molecule has 0 aliphatic heterocycles. The van der Waals surface area contributed by atoms with Crippen LogP contribution < -0.4 is 10.2 Å². The van der Waals surface area contributed by atoms with Crippen LogP contribution in [0.25, 0.3) is 0 Å². The van der Waals surface area contributed by atoms with Crippen molar-refractivity contribution in [3.63, 3.8) is 0 Å². The molecule has 0 atom stereocenters. The maximum atomic E-state index is 5.03. The van der Waals surface area contributed by atoms with Gasteiger partial charge in [-0.1, -0.05) is 0 Å². The molecule has 0 amide bonds. The van der Waals surface area contributed by atoms with E-state index in [1.165, 1.54) is 5.56 Å². The highest BCUT2D eigenvalue weighted by Gasteiger charge is 2.02. The third-order valence-electron chi connectivity index (χ3n) is 2.21. The van der Waals surface area contributed by atoms with Crippen molar-refractivity contribution in [2.75, 3.05) is 39.3 Å². The fourth-order valence-electron chi connectivity index (χ4n) is 1.33. The highest BCUT2D eigenvalue weighted by Crippen LogP contribution is 2.10. The lowest BCUT2D eigenvalue weighted by molar-refractivity contribution is 0.206. The van der Waals surface area contributed by atoms with Crippen molar-refractivity contribution in [3.05, 3.63) is 23.9 Å². The van der Waals surface area contributed by atoms with Crippen LogP contribution >= 0.6 is 0 Å². The maximum Gasteiger partial charge on any atom is 0.128 e. The van der Waals surface area contributed by atoms with E-state index in [1.54, 1.807) is 7.11 Å². The van der Waals surface area contributed by atoms with Crippen molar-refractivity contribution in [2.45, 2.75) is 6.54 Å². The first-order valence-corrected chi connectivity index (χ1v) is 5.07. The standard InChI is InChI=1S/C11H19N3O/c1-12-9-10-4-5-13-11(8-10)14(2)6-7-15-3/h4-5,8,12H,6-7,9H2,1-3H3. The van der Waals surface area contributed by atoms with E-state index in [2.05, 4.69) is 21.3 Å². The molecule has 0 unspecified atom stereocenters. The zero-order valence-electron chi connectivity index (χ0n) is 9.66. The minimum atomic E-state index is 0.717. The smallest absolute Gasteiger partial charge is 0.128 e. The van der Waals surface area contributed by atoms with Crippen molar-refractivity contribution in [1.29, 1.82) is 0 Å². The number of rotatable bonds is 6. The Kier molecular flexibility index (Phi) is 5.07. The molecule has 1 rings (SSSR count). The number of hydrogen-bond acceptors (Lipinski definition) is 4. The monoisotopic (exact) mass is 209 g/mol. The van der Waals surface area contributed by atoms with E-state index in [-0.39, 0.29) is 0 Å². The van der Waals surface area contributed by atoms with E-state index >= 15 is 0 Å². The Labute approximate surface area is 91.3 Å². The van der Waals surface area contributed by atoms with Crippen LogP contribution in [-0.4, -0.2) is 39.3 Å². The predicted molar refractivity (Wildman–Crippen MR) is 62.1 cm³/mol. The van der Waals surface area contributed by atoms with E-state index in [0.29, 0.717) is 6.61 Å². The van der Waals surface area contributed by atoms with Crippen LogP contribution in [0.5, 0.6) is 0 Å². The molecule has 1 heterocycles. The molecule has 0 radical (unpaired) electrons. The zero-order chi connectivity index (χ0) is 11.1. The Hall–Kier alpha value is -1.13. The van der Waals surface area contributed by atoms with Crippen LogP contribution in [0.1, 0.15) is 5.56 Å². The molecule has 0 bridgehead atoms. The highest BCUT2D eigenvalue weighted by atomic mass is 16.5. The summed E-state index contributed by atoms with van der Waals surface area (Å²) in [4.78, 5) is 6.40. The van der Waals surface area contributed by atoms with Gasteiger partial charge in [-0.05, 0) is 24.7 Å². The first-order chi connectivity index (χ1) is 7.27. The van der Waals surface area contributed by atoms with Crippen molar-refractivity contribution in [3.8, 4) is 0 Å². The van der Waals surface area contributed by atoms with E-state index < -0.39 is 0 Å². The maximum absolute atomic E-state index is 5.03. The van der Waals surface area contributed by atoms with Gasteiger partial charge in [-0.15, -0.1) is 0 Å². The molecule has 0 spiro atoms. The molecule has 84 valence electrons. The van der Waals surface area contributed by atoms with Gasteiger partial charge in [0.1, 0.15) is 5.82 Å². The number of likely N-dealkylation sites (N-methyl/N-ethyl adjacent to an activating group) is 1. The van der Waals surface area contributed by atoms with Gasteiger partial charge in [0.05, 0.1) is 6.61 Å². The molecule has 0 aliphatic carbocycles. The SMILES string of the molecule is CNCc1ccnc(N(C)CCOC)c1. The summed E-state index contributed by atoms with van der Waals surface area (Å²) in [5, 5.41) is 3.12. The average Bonchev–Trinajstić information content (AvgIpc) is 2.27. The summed E-state index contributed by atoms with van der Waals surface area (Å²) in [5.41, 5.74) is 1.24. The summed E-state index contributed by atoms with van der Waals surface area (Å²) in [5.74, 6) is 0.986. The van der Waals surface area contributed by atoms with Crippen molar-refractivity contribution in [2.24, 2.45) is 0 Å². The normalized spacial score (nSPS) is 10.3. The molecular formula is C11H19N3O. The number of pyridine rings is 1. The third kappa shape index (κ3) is 3.85. The van der Waals surface area contributed by atoms with Gasteiger partial charge in [0.2, 0.25) is 0 Å². The molecule has 1 aromatic heterocycles. The molecule has 1 aromatic rings. The molecular weight excluding hydrogens is 190 g/mol. The number of hydrogen-bond donors (Lipinski definition) is 1. The lowest BCUT2D eigenvalue weighted by Crippen LogP contribution is -2.23. The number of aromatic nitrogens is 1. The van der Waals surface area contributed by atoms with Crippen LogP contribution in [0.15, 0.2) is 18.3 Å². The summed E-state index contributed by atoms with van der Waals surface area (Å²) in [7, 11) is 5.66. The van der Waals surface area contributed by atoms with Gasteiger partial charge in [0, 0.05) is 33.4 Å². The summed E-state index contributed by atoms with van der Waals surface area (Å²) in [6, 6.07) is 4.11. The molecule has 1 N–H and O–H groups in total. The Morgan fingerprint density at radius 3 is 3.00 bits per heavy atom. The predicted octanol–water partition coefficient (Wildman–Crippen LogP) is 0.884. The number of nitrogens with one attached hydrogen (secondary N) is 1. The van der Waals surface area contributed by atoms with Crippen molar-refractivity contribution < 1.29 is 4.74 Å². The second-order valence-electron chi connectivity index (χ2n) is 3.47. The van der Waals surface area contributed by atoms with Gasteiger partial charge in [-0.3, -0.25) is 0 Å². The second-order valence-corrected chi connectivity index (χ2v) is 3.47. The molecule has 4 nitrogen and oxygen atoms in total. The van der Waals surface area contributed by atoms with Crippen molar-refractivity contribution in [1.82, 2.24) is 10.3 Å². The summed E-state index contributed by atoms with van der Waals surface area (Å²) < 4.78 is 5.03. The van der Waals surface area contributed by atoms with Gasteiger partial charge in [-0.2, -0.15) is 0 Å². The van der Waals surface area contributed by atoms with E-state index in [9.17, 15) is 0 Å². The molecule has 0 aromatic carbocycles. The summed E-state index contributed by atoms with van der Waals surface area (Å²) in [6.07, 6.45) is 1.84. The fourth-order valence-corrected chi connectivity index (χ4v) is 1.33. The molecule has 4 heteroatoms. The second kappa shape index (κ2) is 6.37. The summed E-state index contributed by atoms with van der Waals surface area (Å²) in [6.45, 7) is 2.44. The van der Waals surface area contributed by atoms with Crippen LogP contribution in [0.4, 0.5) is 5.82 Å². The summed E-state index contributed by atoms with van der Waals surface area (Å²) >= 11 is 0. The third-order valence-corrected chi connectivity index (χ3v) is 2.21. The minimum absolute atomic E-state index is 0.717. The molecule has 15 heavy (non-hydrogen) atoms. The Bertz CT molecular complexity index is 291. The largest absolute Gasteiger partial charge is 0.383 e. The Morgan fingerprint density at radius 1 is 1.53 bits per heavy atom. The highest BCUT2D eigenvalue weighted by molar-refractivity contribution is 5.39. The number of methoxy groups -OCH3 is 1. The van der Waals surface area contributed by atoms with Crippen LogP contribution in [0, 0.1) is 0 Å². The first-order valence-electron chi connectivity index (χ1n) is 5.07. The number of nitrogens with zero attached hydrogens (tertiary/aromatic N) is 2. The van der Waals surface area contributed by atoms with Gasteiger partial charge in [0.25, 0.3) is 0 Å². The van der Waals surface area contributed by atoms with Crippen LogP contribution in [0.3, 0.4) is 0 Å². The molecule has 0 saturated heterocycles. The lowest BCUT2D eigenvalue weighted by Gasteiger charge is -2.18. The molecule has 0 fully saturated rings. The van der Waals surface area contributed by atoms with Crippen LogP contribution in [-0.2, 0) is 11.3 Å². The van der Waals surface area contributed by atoms with Gasteiger partial charge in [0.15, 0.2) is 0 Å². The van der Waals surface area contributed by atoms with E-state index in [0.717, 1.165) is 18.9 Å². The topological polar surface area (TPSA) is 37.4 Å². The average molecular weight is 209 g/mol. The quantitative estimate of drug-likeness (QED) is 0.755. The van der Waals surface area contributed by atoms with Gasteiger partial charge in [-0.25, -0.2) is 4.98 Å².